The summed E-state index contributed by atoms with van der Waals surface area (Å²) in [6.07, 6.45) is 5.17. The number of nitrogens with zero attached hydrogens (tertiary/aromatic N) is 5. The molecule has 0 saturated carbocycles. The van der Waals surface area contributed by atoms with Crippen molar-refractivity contribution in [2.45, 2.75) is 25.3 Å². The van der Waals surface area contributed by atoms with E-state index in [0.717, 1.165) is 20.8 Å². The number of hydrogen-bond donors (Lipinski definition) is 1. The van der Waals surface area contributed by atoms with E-state index in [4.69, 9.17) is 17.3 Å². The van der Waals surface area contributed by atoms with Crippen LogP contribution in [-0.4, -0.2) is 25.8 Å². The van der Waals surface area contributed by atoms with Crippen LogP contribution in [0.5, 0.6) is 0 Å². The Bertz CT molecular complexity index is 910. The normalized spacial score (nSPS) is 11.3. The van der Waals surface area contributed by atoms with E-state index >= 15 is 0 Å². The molecule has 0 fully saturated rings. The molecule has 0 aliphatic carbocycles. The van der Waals surface area contributed by atoms with Crippen molar-refractivity contribution in [3.05, 3.63) is 39.7 Å². The summed E-state index contributed by atoms with van der Waals surface area (Å²) in [5, 5.41) is 12.5. The maximum Gasteiger partial charge on any atom is 0.223 e. The third-order valence-electron chi connectivity index (χ3n) is 3.67. The molecule has 0 unspecified atom stereocenters. The number of imidazole rings is 1. The van der Waals surface area contributed by atoms with Crippen LogP contribution in [0, 0.1) is 19.1 Å². The molecule has 3 rings (SSSR count). The average molecular weight is 351 g/mol. The Morgan fingerprint density at radius 1 is 1.39 bits per heavy atom. The van der Waals surface area contributed by atoms with Crippen molar-refractivity contribution in [1.82, 2.24) is 19.5 Å². The molecule has 0 radical (unpaired) electrons. The first-order chi connectivity index (χ1) is 10.9. The molecule has 7 nitrogen and oxygen atoms in total. The van der Waals surface area contributed by atoms with Gasteiger partial charge in [-0.1, -0.05) is 11.6 Å². The van der Waals surface area contributed by atoms with Gasteiger partial charge in [-0.2, -0.15) is 14.7 Å². The zero-order valence-electron chi connectivity index (χ0n) is 12.9. The number of aryl methyl sites for hydroxylation is 1. The quantitative estimate of drug-likeness (QED) is 0.336. The number of anilines is 1. The molecule has 23 heavy (non-hydrogen) atoms. The largest absolute Gasteiger partial charge is 0.618 e. The standard InChI is InChI=1S/C14H15ClN6OS/c1-7-4-21(22)9(8(2)11(7)23-3)5-20-6-17-10-12(15)18-14(16)19-13(10)20/h4,6H,5H2,1-3H3,(H2,16,18,19). The topological polar surface area (TPSA) is 96.6 Å². The van der Waals surface area contributed by atoms with Crippen LogP contribution < -0.4 is 10.5 Å². The molecule has 3 aromatic heterocycles. The number of aromatic nitrogens is 5. The molecule has 3 aromatic rings. The number of nitrogens with two attached hydrogens (primary N) is 1. The lowest BCUT2D eigenvalue weighted by Crippen LogP contribution is -2.34. The Balaban J connectivity index is 2.13. The molecule has 9 heteroatoms. The van der Waals surface area contributed by atoms with Gasteiger partial charge in [0.05, 0.1) is 6.33 Å². The SMILES string of the molecule is CSc1c(C)c[n+]([O-])c(Cn2cnc3c(Cl)nc(N)nc32)c1C. The lowest BCUT2D eigenvalue weighted by atomic mass is 10.1. The Morgan fingerprint density at radius 2 is 2.13 bits per heavy atom. The van der Waals surface area contributed by atoms with Crippen LogP contribution in [0.1, 0.15) is 16.8 Å². The van der Waals surface area contributed by atoms with Crippen molar-refractivity contribution in [3.8, 4) is 0 Å². The molecule has 2 N–H and O–H groups in total. The number of halogens is 1. The maximum atomic E-state index is 12.3. The van der Waals surface area contributed by atoms with E-state index in [9.17, 15) is 5.21 Å². The smallest absolute Gasteiger partial charge is 0.223 e. The fourth-order valence-electron chi connectivity index (χ4n) is 2.61. The van der Waals surface area contributed by atoms with Crippen LogP contribution in [0.15, 0.2) is 17.4 Å². The Hall–Kier alpha value is -2.06. The summed E-state index contributed by atoms with van der Waals surface area (Å²) in [7, 11) is 0. The molecule has 0 bridgehead atoms. The predicted molar refractivity (Wildman–Crippen MR) is 90.5 cm³/mol. The van der Waals surface area contributed by atoms with Crippen molar-refractivity contribution >= 4 is 40.5 Å². The molecule has 0 aliphatic heterocycles. The summed E-state index contributed by atoms with van der Waals surface area (Å²) in [4.78, 5) is 13.4. The van der Waals surface area contributed by atoms with E-state index < -0.39 is 0 Å². The number of nitrogen functional groups attached to an aromatic ring is 1. The third kappa shape index (κ3) is 2.68. The van der Waals surface area contributed by atoms with Gasteiger partial charge in [-0.15, -0.1) is 11.8 Å². The highest BCUT2D eigenvalue weighted by Crippen LogP contribution is 2.26. The van der Waals surface area contributed by atoms with Gasteiger partial charge >= 0.3 is 0 Å². The number of thioether (sulfide) groups is 1. The number of rotatable bonds is 3. The molecule has 0 aromatic carbocycles. The van der Waals surface area contributed by atoms with Gasteiger partial charge < -0.3 is 15.5 Å². The van der Waals surface area contributed by atoms with Crippen LogP contribution in [-0.2, 0) is 6.54 Å². The van der Waals surface area contributed by atoms with Gasteiger partial charge in [-0.25, -0.2) is 4.98 Å². The van der Waals surface area contributed by atoms with Gasteiger partial charge in [0.25, 0.3) is 0 Å². The predicted octanol–water partition coefficient (Wildman–Crippen LogP) is 2.08. The van der Waals surface area contributed by atoms with E-state index in [1.807, 2.05) is 20.1 Å². The fraction of sp³-hybridized carbons (Fsp3) is 0.286. The highest BCUT2D eigenvalue weighted by molar-refractivity contribution is 7.98. The highest BCUT2D eigenvalue weighted by atomic mass is 35.5. The van der Waals surface area contributed by atoms with Crippen LogP contribution in [0.3, 0.4) is 0 Å². The lowest BCUT2D eigenvalue weighted by Gasteiger charge is -2.13. The highest BCUT2D eigenvalue weighted by Gasteiger charge is 2.19. The van der Waals surface area contributed by atoms with Crippen LogP contribution in [0.4, 0.5) is 5.95 Å². The van der Waals surface area contributed by atoms with Gasteiger partial charge in [0.15, 0.2) is 17.0 Å². The van der Waals surface area contributed by atoms with Crippen molar-refractivity contribution in [2.24, 2.45) is 0 Å². The Morgan fingerprint density at radius 3 is 2.83 bits per heavy atom. The molecule has 3 heterocycles. The van der Waals surface area contributed by atoms with E-state index in [0.29, 0.717) is 23.4 Å². The first kappa shape index (κ1) is 15.8. The number of pyridine rings is 1. The number of fused-ring (bicyclic) bond motifs is 1. The second kappa shape index (κ2) is 5.86. The third-order valence-corrected chi connectivity index (χ3v) is 4.97. The molecule has 0 atom stereocenters. The maximum absolute atomic E-state index is 12.3. The summed E-state index contributed by atoms with van der Waals surface area (Å²) in [5.41, 5.74) is 9.16. The second-order valence-corrected chi connectivity index (χ2v) is 6.33. The fourth-order valence-corrected chi connectivity index (χ4v) is 3.63. The van der Waals surface area contributed by atoms with Gasteiger partial charge in [0.1, 0.15) is 12.1 Å². The van der Waals surface area contributed by atoms with Gasteiger partial charge in [-0.05, 0) is 20.1 Å². The molecule has 120 valence electrons. The zero-order chi connectivity index (χ0) is 16.7. The van der Waals surface area contributed by atoms with Crippen LogP contribution in [0.25, 0.3) is 11.2 Å². The summed E-state index contributed by atoms with van der Waals surface area (Å²) in [5.74, 6) is 0.0738. The van der Waals surface area contributed by atoms with Gasteiger partial charge in [0.2, 0.25) is 11.6 Å². The van der Waals surface area contributed by atoms with Crippen molar-refractivity contribution in [2.75, 3.05) is 12.0 Å². The molecular formula is C14H15ClN6OS. The first-order valence-corrected chi connectivity index (χ1v) is 8.42. The minimum Gasteiger partial charge on any atom is -0.618 e. The van der Waals surface area contributed by atoms with Gasteiger partial charge in [0, 0.05) is 16.0 Å². The number of hydrogen-bond acceptors (Lipinski definition) is 6. The second-order valence-electron chi connectivity index (χ2n) is 5.16. The van der Waals surface area contributed by atoms with Crippen LogP contribution >= 0.6 is 23.4 Å². The van der Waals surface area contributed by atoms with E-state index in [2.05, 4.69) is 15.0 Å². The molecule has 0 aliphatic rings. The van der Waals surface area contributed by atoms with E-state index in [1.54, 1.807) is 28.9 Å². The van der Waals surface area contributed by atoms with Crippen molar-refractivity contribution in [3.63, 3.8) is 0 Å². The minimum atomic E-state index is 0.0738. The Labute approximate surface area is 142 Å². The summed E-state index contributed by atoms with van der Waals surface area (Å²) in [6.45, 7) is 4.20. The van der Waals surface area contributed by atoms with Gasteiger partial charge in [-0.3, -0.25) is 0 Å². The van der Waals surface area contributed by atoms with Crippen molar-refractivity contribution in [1.29, 1.82) is 0 Å². The summed E-state index contributed by atoms with van der Waals surface area (Å²) in [6, 6.07) is 0. The average Bonchev–Trinajstić information content (AvgIpc) is 2.87. The van der Waals surface area contributed by atoms with Crippen molar-refractivity contribution < 1.29 is 4.73 Å². The van der Waals surface area contributed by atoms with E-state index in [1.165, 1.54) is 0 Å². The molecule has 0 amide bonds. The lowest BCUT2D eigenvalue weighted by molar-refractivity contribution is -0.615. The Kier molecular flexibility index (Phi) is 4.03. The first-order valence-electron chi connectivity index (χ1n) is 6.82. The summed E-state index contributed by atoms with van der Waals surface area (Å²) >= 11 is 7.65. The molecule has 0 saturated heterocycles. The minimum absolute atomic E-state index is 0.0738. The monoisotopic (exact) mass is 350 g/mol. The molecular weight excluding hydrogens is 336 g/mol. The molecule has 0 spiro atoms. The van der Waals surface area contributed by atoms with E-state index in [-0.39, 0.29) is 11.1 Å². The zero-order valence-corrected chi connectivity index (χ0v) is 14.4. The summed E-state index contributed by atoms with van der Waals surface area (Å²) < 4.78 is 2.64. The van der Waals surface area contributed by atoms with Crippen LogP contribution in [0.2, 0.25) is 5.15 Å².